The maximum atomic E-state index is 12.9. The molecular formula is C31H50N4O8S. The number of nitrogens with one attached hydrogen (secondary N) is 3. The van der Waals surface area contributed by atoms with Crippen molar-refractivity contribution in [3.63, 3.8) is 0 Å². The van der Waals surface area contributed by atoms with Crippen molar-refractivity contribution in [3.8, 4) is 0 Å². The first-order chi connectivity index (χ1) is 21.0. The average molecular weight is 639 g/mol. The molecule has 4 amide bonds. The molecule has 0 aromatic heterocycles. The van der Waals surface area contributed by atoms with E-state index in [1.807, 2.05) is 44.2 Å². The molecule has 1 unspecified atom stereocenters. The molecule has 0 aliphatic carbocycles. The zero-order chi connectivity index (χ0) is 33.1. The van der Waals surface area contributed by atoms with Crippen LogP contribution < -0.4 is 16.1 Å². The van der Waals surface area contributed by atoms with Gasteiger partial charge in [-0.1, -0.05) is 70.4 Å². The number of hydroxylamine groups is 1. The van der Waals surface area contributed by atoms with E-state index in [-0.39, 0.29) is 55.2 Å². The number of unbranched alkanes of at least 4 members (excludes halogenated alkanes) is 2. The standard InChI is InChI=1S/C19H35N3O5.C12H15NO3S/c1-4-5-6-8-14(11-16(24)21-27)18(25)20-17(13(2)3)19(26)22-10-7-9-15(22)12-23;14-11(15)7-13-12(16)10(8-17)6-9-4-2-1-3-5-9/h13-15,17,23,27H,4-12H2,1-3H3,(H,20,25)(H,21,24);1-5,10,17H,6-8H2,(H,13,16)(H,14,15)/t14-,15+,17-;/m1./s1. The molecule has 1 aliphatic heterocycles. The highest BCUT2D eigenvalue weighted by Gasteiger charge is 2.36. The Morgan fingerprint density at radius 2 is 1.73 bits per heavy atom. The van der Waals surface area contributed by atoms with E-state index in [1.54, 1.807) is 10.4 Å². The van der Waals surface area contributed by atoms with Crippen molar-refractivity contribution in [2.45, 2.75) is 84.2 Å². The molecule has 1 aliphatic rings. The van der Waals surface area contributed by atoms with Gasteiger partial charge < -0.3 is 25.7 Å². The Kier molecular flexibility index (Phi) is 19.0. The summed E-state index contributed by atoms with van der Waals surface area (Å²) >= 11 is 4.12. The van der Waals surface area contributed by atoms with E-state index in [2.05, 4.69) is 30.2 Å². The number of carboxylic acid groups (broad SMARTS) is 1. The molecule has 0 radical (unpaired) electrons. The van der Waals surface area contributed by atoms with Crippen LogP contribution in [0.3, 0.4) is 0 Å². The number of aliphatic hydroxyl groups is 1. The van der Waals surface area contributed by atoms with Gasteiger partial charge >= 0.3 is 5.97 Å². The highest BCUT2D eigenvalue weighted by Crippen LogP contribution is 2.21. The number of aliphatic carboxylic acids is 1. The van der Waals surface area contributed by atoms with Crippen LogP contribution in [-0.4, -0.2) is 87.5 Å². The Morgan fingerprint density at radius 3 is 2.27 bits per heavy atom. The van der Waals surface area contributed by atoms with Gasteiger partial charge in [-0.15, -0.1) is 0 Å². The topological polar surface area (TPSA) is 185 Å². The van der Waals surface area contributed by atoms with Gasteiger partial charge in [-0.25, -0.2) is 5.48 Å². The number of thiol groups is 1. The molecule has 1 heterocycles. The Morgan fingerprint density at radius 1 is 1.05 bits per heavy atom. The third-order valence-electron chi connectivity index (χ3n) is 7.51. The fourth-order valence-electron chi connectivity index (χ4n) is 4.96. The molecule has 0 saturated carbocycles. The van der Waals surface area contributed by atoms with E-state index < -0.39 is 23.8 Å². The van der Waals surface area contributed by atoms with Crippen molar-refractivity contribution in [2.75, 3.05) is 25.4 Å². The van der Waals surface area contributed by atoms with Crippen molar-refractivity contribution in [3.05, 3.63) is 35.9 Å². The van der Waals surface area contributed by atoms with Gasteiger partial charge in [-0.2, -0.15) is 12.6 Å². The van der Waals surface area contributed by atoms with Crippen LogP contribution in [0.1, 0.15) is 71.3 Å². The monoisotopic (exact) mass is 638 g/mol. The second-order valence-electron chi connectivity index (χ2n) is 11.4. The van der Waals surface area contributed by atoms with Gasteiger partial charge in [0.25, 0.3) is 0 Å². The molecule has 0 spiro atoms. The minimum absolute atomic E-state index is 0.0825. The summed E-state index contributed by atoms with van der Waals surface area (Å²) < 4.78 is 0. The molecule has 1 saturated heterocycles. The molecule has 2 rings (SSSR count). The van der Waals surface area contributed by atoms with Crippen molar-refractivity contribution in [2.24, 2.45) is 17.8 Å². The van der Waals surface area contributed by atoms with Gasteiger partial charge in [0.15, 0.2) is 0 Å². The zero-order valence-electron chi connectivity index (χ0n) is 26.0. The SMILES string of the molecule is CCCCC[C@H](CC(=O)NO)C(=O)N[C@@H](C(=O)N1CCC[C@H]1CO)C(C)C.O=C(O)CNC(=O)C(CS)Cc1ccccc1. The van der Waals surface area contributed by atoms with Crippen molar-refractivity contribution < 1.29 is 39.4 Å². The van der Waals surface area contributed by atoms with E-state index in [1.165, 1.54) is 0 Å². The number of hydrogen-bond donors (Lipinski definition) is 7. The summed E-state index contributed by atoms with van der Waals surface area (Å²) in [5.74, 6) is -3.09. The number of hydrogen-bond acceptors (Lipinski definition) is 8. The molecule has 1 fully saturated rings. The second kappa shape index (κ2) is 21.5. The molecule has 1 aromatic carbocycles. The molecule has 0 bridgehead atoms. The summed E-state index contributed by atoms with van der Waals surface area (Å²) in [7, 11) is 0. The predicted molar refractivity (Wildman–Crippen MR) is 169 cm³/mol. The van der Waals surface area contributed by atoms with Crippen LogP contribution in [0, 0.1) is 17.8 Å². The van der Waals surface area contributed by atoms with Gasteiger partial charge in [-0.3, -0.25) is 29.2 Å². The summed E-state index contributed by atoms with van der Waals surface area (Å²) in [5.41, 5.74) is 2.61. The summed E-state index contributed by atoms with van der Waals surface area (Å²) in [6.07, 6.45) is 5.31. The number of carboxylic acids is 1. The maximum Gasteiger partial charge on any atom is 0.322 e. The van der Waals surface area contributed by atoms with Crippen LogP contribution in [0.4, 0.5) is 0 Å². The number of amides is 4. The summed E-state index contributed by atoms with van der Waals surface area (Å²) in [4.78, 5) is 60.9. The lowest BCUT2D eigenvalue weighted by Gasteiger charge is -2.31. The first kappa shape index (κ1) is 38.9. The van der Waals surface area contributed by atoms with Crippen LogP contribution in [0.5, 0.6) is 0 Å². The fourth-order valence-corrected chi connectivity index (χ4v) is 5.26. The lowest BCUT2D eigenvalue weighted by molar-refractivity contribution is -0.141. The first-order valence-corrected chi connectivity index (χ1v) is 15.9. The quantitative estimate of drug-likeness (QED) is 0.0586. The third-order valence-corrected chi connectivity index (χ3v) is 7.96. The largest absolute Gasteiger partial charge is 0.480 e. The first-order valence-electron chi connectivity index (χ1n) is 15.3. The van der Waals surface area contributed by atoms with Gasteiger partial charge in [-0.05, 0) is 37.2 Å². The lowest BCUT2D eigenvalue weighted by atomic mass is 9.94. The van der Waals surface area contributed by atoms with E-state index in [9.17, 15) is 29.1 Å². The van der Waals surface area contributed by atoms with Gasteiger partial charge in [0.2, 0.25) is 23.6 Å². The van der Waals surface area contributed by atoms with Crippen LogP contribution in [0.25, 0.3) is 0 Å². The Balaban J connectivity index is 0.000000488. The van der Waals surface area contributed by atoms with Gasteiger partial charge in [0.05, 0.1) is 18.6 Å². The summed E-state index contributed by atoms with van der Waals surface area (Å²) in [6, 6.07) is 8.68. The number of rotatable bonds is 17. The van der Waals surface area contributed by atoms with Crippen molar-refractivity contribution in [1.29, 1.82) is 0 Å². The van der Waals surface area contributed by atoms with Gasteiger partial charge in [0, 0.05) is 24.6 Å². The van der Waals surface area contributed by atoms with Crippen LogP contribution in [0.2, 0.25) is 0 Å². The fraction of sp³-hybridized carbons (Fsp3) is 0.645. The number of carbonyl (C=O) groups is 5. The third kappa shape index (κ3) is 14.1. The van der Waals surface area contributed by atoms with Crippen molar-refractivity contribution >= 4 is 42.2 Å². The van der Waals surface area contributed by atoms with Crippen LogP contribution in [-0.2, 0) is 30.4 Å². The Labute approximate surface area is 265 Å². The van der Waals surface area contributed by atoms with E-state index in [0.717, 1.165) is 37.7 Å². The average Bonchev–Trinajstić information content (AvgIpc) is 3.50. The molecule has 12 nitrogen and oxygen atoms in total. The van der Waals surface area contributed by atoms with Crippen LogP contribution >= 0.6 is 12.6 Å². The highest BCUT2D eigenvalue weighted by molar-refractivity contribution is 7.80. The maximum absolute atomic E-state index is 12.9. The lowest BCUT2D eigenvalue weighted by Crippen LogP contribution is -2.54. The number of nitrogens with zero attached hydrogens (tertiary/aromatic N) is 1. The number of benzene rings is 1. The molecule has 248 valence electrons. The summed E-state index contributed by atoms with van der Waals surface area (Å²) in [5, 5.41) is 31.9. The minimum atomic E-state index is -1.05. The number of aliphatic hydroxyl groups excluding tert-OH is 1. The molecule has 44 heavy (non-hydrogen) atoms. The smallest absolute Gasteiger partial charge is 0.322 e. The molecule has 13 heteroatoms. The predicted octanol–water partition coefficient (Wildman–Crippen LogP) is 2.18. The Bertz CT molecular complexity index is 1040. The Hall–Kier alpha value is -3.16. The molecular weight excluding hydrogens is 588 g/mol. The molecule has 1 aromatic rings. The van der Waals surface area contributed by atoms with Crippen molar-refractivity contribution in [1.82, 2.24) is 21.0 Å². The minimum Gasteiger partial charge on any atom is -0.480 e. The van der Waals surface area contributed by atoms with E-state index in [0.29, 0.717) is 25.1 Å². The zero-order valence-corrected chi connectivity index (χ0v) is 26.9. The van der Waals surface area contributed by atoms with Crippen LogP contribution in [0.15, 0.2) is 30.3 Å². The molecule has 6 N–H and O–H groups in total. The molecule has 4 atom stereocenters. The number of carbonyl (C=O) groups excluding carboxylic acids is 4. The second-order valence-corrected chi connectivity index (χ2v) is 11.7. The van der Waals surface area contributed by atoms with E-state index in [4.69, 9.17) is 10.3 Å². The summed E-state index contributed by atoms with van der Waals surface area (Å²) in [6.45, 7) is 5.92. The number of likely N-dealkylation sites (tertiary alicyclic amines) is 1. The van der Waals surface area contributed by atoms with Gasteiger partial charge in [0.1, 0.15) is 12.6 Å². The van der Waals surface area contributed by atoms with E-state index >= 15 is 0 Å². The highest BCUT2D eigenvalue weighted by atomic mass is 32.1. The normalized spacial score (nSPS) is 16.2.